The molecule has 26 heavy (non-hydrogen) atoms. The van der Waals surface area contributed by atoms with Crippen LogP contribution in [-0.4, -0.2) is 12.9 Å². The maximum absolute atomic E-state index is 12.8. The number of ether oxygens (including phenoxy) is 1. The molecule has 1 atom stereocenters. The van der Waals surface area contributed by atoms with E-state index in [-0.39, 0.29) is 11.8 Å². The number of hydrogen-bond donors (Lipinski definition) is 1. The summed E-state index contributed by atoms with van der Waals surface area (Å²) in [6.07, 6.45) is 0.379. The zero-order chi connectivity index (χ0) is 18.4. The molecule has 0 radical (unpaired) electrons. The van der Waals surface area contributed by atoms with Gasteiger partial charge < -0.3 is 10.1 Å². The summed E-state index contributed by atoms with van der Waals surface area (Å²) in [6.45, 7) is 2.06. The Hall–Kier alpha value is -3.07. The summed E-state index contributed by atoms with van der Waals surface area (Å²) in [5.41, 5.74) is 3.98. The van der Waals surface area contributed by atoms with E-state index in [9.17, 15) is 4.79 Å². The Balaban J connectivity index is 1.82. The number of hydrogen-bond acceptors (Lipinski definition) is 3. The molecule has 0 amide bonds. The van der Waals surface area contributed by atoms with Crippen LogP contribution in [0.1, 0.15) is 33.9 Å². The van der Waals surface area contributed by atoms with Gasteiger partial charge in [-0.3, -0.25) is 4.79 Å². The Bertz CT molecular complexity index is 857. The maximum Gasteiger partial charge on any atom is 0.165 e. The minimum absolute atomic E-state index is 0.0902. The number of aryl methyl sites for hydroxylation is 1. The van der Waals surface area contributed by atoms with Crippen molar-refractivity contribution in [2.75, 3.05) is 12.4 Å². The van der Waals surface area contributed by atoms with Gasteiger partial charge >= 0.3 is 0 Å². The number of nitrogens with one attached hydrogen (secondary N) is 1. The summed E-state index contributed by atoms with van der Waals surface area (Å²) in [7, 11) is 1.62. The van der Waals surface area contributed by atoms with E-state index >= 15 is 0 Å². The van der Waals surface area contributed by atoms with E-state index in [0.29, 0.717) is 12.0 Å². The van der Waals surface area contributed by atoms with Crippen LogP contribution in [0.15, 0.2) is 78.9 Å². The number of methoxy groups -OCH3 is 1. The van der Waals surface area contributed by atoms with E-state index in [0.717, 1.165) is 17.0 Å². The van der Waals surface area contributed by atoms with Gasteiger partial charge in [-0.05, 0) is 54.4 Å². The van der Waals surface area contributed by atoms with Gasteiger partial charge in [0.2, 0.25) is 0 Å². The molecule has 0 saturated heterocycles. The topological polar surface area (TPSA) is 38.3 Å². The van der Waals surface area contributed by atoms with Gasteiger partial charge in [-0.15, -0.1) is 0 Å². The highest BCUT2D eigenvalue weighted by molar-refractivity contribution is 5.96. The Morgan fingerprint density at radius 2 is 1.69 bits per heavy atom. The van der Waals surface area contributed by atoms with Crippen molar-refractivity contribution < 1.29 is 9.53 Å². The monoisotopic (exact) mass is 345 g/mol. The molecule has 3 aromatic rings. The summed E-state index contributed by atoms with van der Waals surface area (Å²) in [5.74, 6) is 0.848. The molecule has 0 bridgehead atoms. The van der Waals surface area contributed by atoms with Crippen LogP contribution in [0.2, 0.25) is 0 Å². The van der Waals surface area contributed by atoms with Crippen LogP contribution in [0.25, 0.3) is 0 Å². The number of Topliss-reactive ketones (excluding diaryl/α,β-unsaturated/α-hetero) is 1. The molecule has 0 heterocycles. The van der Waals surface area contributed by atoms with Gasteiger partial charge in [0.05, 0.1) is 13.2 Å². The highest BCUT2D eigenvalue weighted by Gasteiger charge is 2.17. The van der Waals surface area contributed by atoms with Crippen molar-refractivity contribution in [1.29, 1.82) is 0 Å². The Morgan fingerprint density at radius 3 is 2.35 bits per heavy atom. The second-order valence-corrected chi connectivity index (χ2v) is 6.33. The SMILES string of the molecule is COc1ccc(C(=O)CC(Nc2cccc(C)c2)c2ccccc2)cc1. The first-order valence-electron chi connectivity index (χ1n) is 8.71. The van der Waals surface area contributed by atoms with Gasteiger partial charge in [-0.25, -0.2) is 0 Å². The van der Waals surface area contributed by atoms with Crippen molar-refractivity contribution >= 4 is 11.5 Å². The standard InChI is InChI=1S/C23H23NO2/c1-17-7-6-10-20(15-17)24-22(18-8-4-3-5-9-18)16-23(25)19-11-13-21(26-2)14-12-19/h3-15,22,24H,16H2,1-2H3. The molecule has 0 fully saturated rings. The van der Waals surface area contributed by atoms with E-state index in [1.807, 2.05) is 54.6 Å². The summed E-state index contributed by atoms with van der Waals surface area (Å²) >= 11 is 0. The van der Waals surface area contributed by atoms with Crippen LogP contribution < -0.4 is 10.1 Å². The quantitative estimate of drug-likeness (QED) is 0.580. The zero-order valence-electron chi connectivity index (χ0n) is 15.1. The lowest BCUT2D eigenvalue weighted by Gasteiger charge is -2.20. The Labute approximate surface area is 154 Å². The normalized spacial score (nSPS) is 11.6. The first-order chi connectivity index (χ1) is 12.7. The lowest BCUT2D eigenvalue weighted by molar-refractivity contribution is 0.0976. The molecule has 3 nitrogen and oxygen atoms in total. The van der Waals surface area contributed by atoms with Gasteiger partial charge in [0.25, 0.3) is 0 Å². The van der Waals surface area contributed by atoms with E-state index < -0.39 is 0 Å². The molecule has 0 aliphatic rings. The van der Waals surface area contributed by atoms with Gasteiger partial charge in [-0.1, -0.05) is 42.5 Å². The molecule has 1 unspecified atom stereocenters. The van der Waals surface area contributed by atoms with Gasteiger partial charge in [-0.2, -0.15) is 0 Å². The predicted octanol–water partition coefficient (Wildman–Crippen LogP) is 5.43. The molecule has 0 spiro atoms. The van der Waals surface area contributed by atoms with Crippen molar-refractivity contribution in [1.82, 2.24) is 0 Å². The smallest absolute Gasteiger partial charge is 0.165 e. The third-order valence-corrected chi connectivity index (χ3v) is 4.36. The summed E-state index contributed by atoms with van der Waals surface area (Å²) < 4.78 is 5.17. The summed E-state index contributed by atoms with van der Waals surface area (Å²) in [6, 6.07) is 25.5. The minimum Gasteiger partial charge on any atom is -0.497 e. The van der Waals surface area contributed by atoms with Gasteiger partial charge in [0.1, 0.15) is 5.75 Å². The lowest BCUT2D eigenvalue weighted by atomic mass is 9.97. The molecule has 0 aromatic heterocycles. The number of carbonyl (C=O) groups excluding carboxylic acids is 1. The van der Waals surface area contributed by atoms with Crippen molar-refractivity contribution in [3.63, 3.8) is 0 Å². The minimum atomic E-state index is -0.0902. The number of ketones is 1. The van der Waals surface area contributed by atoms with Crippen molar-refractivity contribution in [2.45, 2.75) is 19.4 Å². The average molecular weight is 345 g/mol. The first kappa shape index (κ1) is 17.7. The van der Waals surface area contributed by atoms with Gasteiger partial charge in [0, 0.05) is 17.7 Å². The summed E-state index contributed by atoms with van der Waals surface area (Å²) in [4.78, 5) is 12.8. The van der Waals surface area contributed by atoms with E-state index in [2.05, 4.69) is 36.5 Å². The van der Waals surface area contributed by atoms with Crippen LogP contribution in [0.3, 0.4) is 0 Å². The largest absolute Gasteiger partial charge is 0.497 e. The van der Waals surface area contributed by atoms with Crippen molar-refractivity contribution in [3.8, 4) is 5.75 Å². The third kappa shape index (κ3) is 4.51. The van der Waals surface area contributed by atoms with Crippen LogP contribution in [0, 0.1) is 6.92 Å². The fraction of sp³-hybridized carbons (Fsp3) is 0.174. The highest BCUT2D eigenvalue weighted by Crippen LogP contribution is 2.25. The molecule has 0 saturated carbocycles. The predicted molar refractivity (Wildman–Crippen MR) is 106 cm³/mol. The molecular formula is C23H23NO2. The number of anilines is 1. The molecule has 0 aliphatic carbocycles. The second-order valence-electron chi connectivity index (χ2n) is 6.33. The van der Waals surface area contributed by atoms with Crippen LogP contribution in [0.4, 0.5) is 5.69 Å². The second kappa shape index (κ2) is 8.34. The molecule has 0 aliphatic heterocycles. The molecular weight excluding hydrogens is 322 g/mol. The zero-order valence-corrected chi connectivity index (χ0v) is 15.1. The molecule has 132 valence electrons. The molecule has 3 rings (SSSR count). The van der Waals surface area contributed by atoms with Crippen molar-refractivity contribution in [3.05, 3.63) is 95.6 Å². The fourth-order valence-corrected chi connectivity index (χ4v) is 2.95. The van der Waals surface area contributed by atoms with E-state index in [4.69, 9.17) is 4.74 Å². The average Bonchev–Trinajstić information content (AvgIpc) is 2.68. The van der Waals surface area contributed by atoms with Crippen LogP contribution in [0.5, 0.6) is 5.75 Å². The third-order valence-electron chi connectivity index (χ3n) is 4.36. The summed E-state index contributed by atoms with van der Waals surface area (Å²) in [5, 5.41) is 3.51. The highest BCUT2D eigenvalue weighted by atomic mass is 16.5. The fourth-order valence-electron chi connectivity index (χ4n) is 2.95. The Morgan fingerprint density at radius 1 is 0.962 bits per heavy atom. The lowest BCUT2D eigenvalue weighted by Crippen LogP contribution is -2.16. The first-order valence-corrected chi connectivity index (χ1v) is 8.71. The van der Waals surface area contributed by atoms with Crippen LogP contribution >= 0.6 is 0 Å². The van der Waals surface area contributed by atoms with Crippen molar-refractivity contribution in [2.24, 2.45) is 0 Å². The molecule has 3 aromatic carbocycles. The Kier molecular flexibility index (Phi) is 5.69. The maximum atomic E-state index is 12.8. The molecule has 3 heteroatoms. The number of carbonyl (C=O) groups is 1. The van der Waals surface area contributed by atoms with Gasteiger partial charge in [0.15, 0.2) is 5.78 Å². The van der Waals surface area contributed by atoms with Crippen LogP contribution in [-0.2, 0) is 0 Å². The van der Waals surface area contributed by atoms with E-state index in [1.165, 1.54) is 5.56 Å². The number of benzene rings is 3. The number of rotatable bonds is 7. The van der Waals surface area contributed by atoms with E-state index in [1.54, 1.807) is 7.11 Å². The molecule has 1 N–H and O–H groups in total.